The molecule has 1 aliphatic heterocycles. The van der Waals surface area contributed by atoms with Crippen LogP contribution in [0.4, 0.5) is 28.4 Å². The molecule has 0 fully saturated rings. The topological polar surface area (TPSA) is 316 Å². The van der Waals surface area contributed by atoms with Crippen molar-refractivity contribution in [1.29, 1.82) is 0 Å². The third-order valence-corrected chi connectivity index (χ3v) is 16.9. The smallest absolute Gasteiger partial charge is 0.339 e. The number of hydrogen-bond acceptors (Lipinski definition) is 14. The van der Waals surface area contributed by atoms with E-state index in [9.17, 15) is 62.9 Å². The number of benzene rings is 7. The van der Waals surface area contributed by atoms with Gasteiger partial charge < -0.3 is 25.1 Å². The van der Waals surface area contributed by atoms with Gasteiger partial charge >= 0.3 is 5.97 Å². The minimum absolute atomic E-state index is 0.0135. The highest BCUT2D eigenvalue weighted by Crippen LogP contribution is 2.45. The van der Waals surface area contributed by atoms with Gasteiger partial charge in [-0.05, 0) is 148 Å². The van der Waals surface area contributed by atoms with E-state index in [1.807, 2.05) is 0 Å². The van der Waals surface area contributed by atoms with Gasteiger partial charge in [0.25, 0.3) is 40.3 Å². The molecule has 6 aromatic rings. The number of nitrogens with one attached hydrogen (secondary N) is 3. The van der Waals surface area contributed by atoms with E-state index < -0.39 is 72.3 Å². The van der Waals surface area contributed by atoms with E-state index in [2.05, 4.69) is 14.8 Å². The first kappa shape index (κ1) is 51.6. The number of nitrogens with zero attached hydrogens (tertiary/aromatic N) is 1. The van der Waals surface area contributed by atoms with Crippen molar-refractivity contribution in [2.24, 2.45) is 4.99 Å². The van der Waals surface area contributed by atoms with Crippen molar-refractivity contribution in [1.82, 2.24) is 0 Å². The third kappa shape index (κ3) is 9.92. The number of carboxylic acid groups (broad SMARTS) is 1. The van der Waals surface area contributed by atoms with Crippen LogP contribution in [0, 0.1) is 41.5 Å². The quantitative estimate of drug-likeness (QED) is 0.0394. The molecule has 0 saturated heterocycles. The van der Waals surface area contributed by atoms with Gasteiger partial charge in [0.05, 0.1) is 32.2 Å². The average molecular weight is 1070 g/mol. The largest absolute Gasteiger partial charge is 0.508 e. The molecule has 0 amide bonds. The van der Waals surface area contributed by atoms with Crippen LogP contribution in [0.5, 0.6) is 11.5 Å². The summed E-state index contributed by atoms with van der Waals surface area (Å²) in [6.45, 7) is 9.34. The van der Waals surface area contributed by atoms with E-state index in [1.54, 1.807) is 63.2 Å². The van der Waals surface area contributed by atoms with Gasteiger partial charge in [-0.1, -0.05) is 24.3 Å². The Labute approximate surface area is 419 Å². The van der Waals surface area contributed by atoms with Crippen LogP contribution in [0.25, 0.3) is 33.4 Å². The summed E-state index contributed by atoms with van der Waals surface area (Å²) < 4.78 is 139. The Balaban J connectivity index is 1.30. The Morgan fingerprint density at radius 2 is 1.22 bits per heavy atom. The summed E-state index contributed by atoms with van der Waals surface area (Å²) in [7, 11) is -18.7. The van der Waals surface area contributed by atoms with Gasteiger partial charge in [0.2, 0.25) is 0 Å². The second-order valence-electron chi connectivity index (χ2n) is 17.1. The summed E-state index contributed by atoms with van der Waals surface area (Å²) in [4.78, 5) is 14.9. The molecule has 0 aromatic heterocycles. The number of sulfonamides is 2. The molecule has 1 aliphatic carbocycles. The average Bonchev–Trinajstić information content (AvgIpc) is 3.30. The molecule has 0 spiro atoms. The number of carboxylic acids is 1. The predicted molar refractivity (Wildman–Crippen MR) is 273 cm³/mol. The standard InChI is InChI=1S/C50H44N4O15S4/c1-25-21-26(2)46(53-70(59,60)34-15-13-33(55)14-16-34)27(3)45(25)51-31-11-18-36-41(22-31)69-42-23-32(12-19-37(42)44(36)38-9-7-8-10-43(38)72(63,64)65)52-47-28(4)48(30(6)49(29(47)5)73(66,67)68)54-71(61,62)35-17-20-40(56)39(24-35)50(57)58/h7-24,52-56H,1-6H3,(H,57,58)(H,63,64,65)(H,66,67,68). The maximum Gasteiger partial charge on any atom is 0.339 e. The Morgan fingerprint density at radius 1 is 0.589 bits per heavy atom. The Hall–Kier alpha value is -7.80. The Bertz CT molecular complexity index is 4160. The molecule has 8 rings (SSSR count). The predicted octanol–water partition coefficient (Wildman–Crippen LogP) is 9.24. The number of carbonyl (C=O) groups is 1. The number of hydrogen-bond donors (Lipinski definition) is 8. The molecule has 0 atom stereocenters. The summed E-state index contributed by atoms with van der Waals surface area (Å²) >= 11 is 0. The summed E-state index contributed by atoms with van der Waals surface area (Å²) in [5, 5.41) is 33.0. The van der Waals surface area contributed by atoms with E-state index >= 15 is 0 Å². The zero-order chi connectivity index (χ0) is 53.3. The number of aromatic hydroxyl groups is 2. The fraction of sp³-hybridized carbons (Fsp3) is 0.120. The van der Waals surface area contributed by atoms with Crippen LogP contribution < -0.4 is 20.1 Å². The number of aromatic carboxylic acids is 1. The molecule has 0 saturated carbocycles. The molecule has 8 N–H and O–H groups in total. The van der Waals surface area contributed by atoms with E-state index in [0.29, 0.717) is 44.2 Å². The highest BCUT2D eigenvalue weighted by atomic mass is 32.2. The second kappa shape index (κ2) is 18.7. The monoisotopic (exact) mass is 1070 g/mol. The minimum atomic E-state index is -5.05. The van der Waals surface area contributed by atoms with E-state index in [0.717, 1.165) is 18.2 Å². The number of rotatable bonds is 13. The van der Waals surface area contributed by atoms with Crippen molar-refractivity contribution in [2.75, 3.05) is 14.8 Å². The lowest BCUT2D eigenvalue weighted by Gasteiger charge is -2.23. The maximum absolute atomic E-state index is 13.8. The number of phenolic OH excluding ortho intramolecular Hbond substituents is 1. The molecule has 23 heteroatoms. The first-order chi connectivity index (χ1) is 34.1. The van der Waals surface area contributed by atoms with Gasteiger partial charge in [-0.15, -0.1) is 0 Å². The molecule has 2 aliphatic rings. The summed E-state index contributed by atoms with van der Waals surface area (Å²) in [6.07, 6.45) is 0. The molecule has 378 valence electrons. The first-order valence-electron chi connectivity index (χ1n) is 21.6. The molecule has 0 radical (unpaired) electrons. The van der Waals surface area contributed by atoms with Crippen LogP contribution in [0.1, 0.15) is 43.7 Å². The fourth-order valence-electron chi connectivity index (χ4n) is 8.78. The van der Waals surface area contributed by atoms with Crippen LogP contribution in [0.3, 0.4) is 0 Å². The van der Waals surface area contributed by atoms with Crippen LogP contribution in [-0.2, 0) is 40.3 Å². The van der Waals surface area contributed by atoms with Crippen molar-refractivity contribution in [2.45, 2.75) is 61.1 Å². The number of anilines is 4. The van der Waals surface area contributed by atoms with Gasteiger partial charge in [-0.3, -0.25) is 18.5 Å². The van der Waals surface area contributed by atoms with Crippen molar-refractivity contribution in [3.05, 3.63) is 153 Å². The van der Waals surface area contributed by atoms with E-state index in [4.69, 9.17) is 9.41 Å². The summed E-state index contributed by atoms with van der Waals surface area (Å²) in [5.74, 6) is -2.26. The molecule has 73 heavy (non-hydrogen) atoms. The van der Waals surface area contributed by atoms with Gasteiger partial charge in [0.1, 0.15) is 38.2 Å². The molecule has 6 aromatic carbocycles. The van der Waals surface area contributed by atoms with Crippen LogP contribution in [0.15, 0.2) is 138 Å². The number of phenols is 2. The highest BCUT2D eigenvalue weighted by molar-refractivity contribution is 7.93. The number of aryl methyl sites for hydroxylation is 2. The zero-order valence-electron chi connectivity index (χ0n) is 39.3. The van der Waals surface area contributed by atoms with Crippen molar-refractivity contribution < 1.29 is 67.3 Å². The van der Waals surface area contributed by atoms with Crippen molar-refractivity contribution in [3.8, 4) is 33.9 Å². The summed E-state index contributed by atoms with van der Waals surface area (Å²) in [6, 6.07) is 24.6. The molecule has 1 heterocycles. The first-order valence-corrected chi connectivity index (χ1v) is 27.4. The van der Waals surface area contributed by atoms with Gasteiger partial charge in [-0.2, -0.15) is 16.8 Å². The maximum atomic E-state index is 13.8. The van der Waals surface area contributed by atoms with Crippen molar-refractivity contribution >= 4 is 85.7 Å². The van der Waals surface area contributed by atoms with Gasteiger partial charge in [0, 0.05) is 45.6 Å². The second-order valence-corrected chi connectivity index (χ2v) is 23.2. The molecule has 19 nitrogen and oxygen atoms in total. The minimum Gasteiger partial charge on any atom is -0.508 e. The lowest BCUT2D eigenvalue weighted by Crippen LogP contribution is -2.18. The van der Waals surface area contributed by atoms with Crippen LogP contribution >= 0.6 is 0 Å². The number of fused-ring (bicyclic) bond motifs is 2. The Morgan fingerprint density at radius 3 is 1.88 bits per heavy atom. The fourth-order valence-corrected chi connectivity index (χ4v) is 12.9. The lowest BCUT2D eigenvalue weighted by atomic mass is 9.93. The van der Waals surface area contributed by atoms with E-state index in [1.165, 1.54) is 69.3 Å². The van der Waals surface area contributed by atoms with Crippen LogP contribution in [0.2, 0.25) is 0 Å². The molecular weight excluding hydrogens is 1020 g/mol. The van der Waals surface area contributed by atoms with Gasteiger partial charge in [0.15, 0.2) is 0 Å². The lowest BCUT2D eigenvalue weighted by molar-refractivity contribution is 0.0693. The molecular formula is C50H44N4O15S4. The third-order valence-electron chi connectivity index (χ3n) is 12.1. The summed E-state index contributed by atoms with van der Waals surface area (Å²) in [5.41, 5.74) is 2.51. The van der Waals surface area contributed by atoms with Crippen molar-refractivity contribution in [3.63, 3.8) is 0 Å². The highest BCUT2D eigenvalue weighted by Gasteiger charge is 2.30. The molecule has 0 unspecified atom stereocenters. The van der Waals surface area contributed by atoms with E-state index in [-0.39, 0.29) is 67.0 Å². The van der Waals surface area contributed by atoms with Crippen LogP contribution in [-0.4, -0.2) is 64.1 Å². The Kier molecular flexibility index (Phi) is 13.2. The van der Waals surface area contributed by atoms with Gasteiger partial charge in [-0.25, -0.2) is 26.6 Å². The SMILES string of the molecule is Cc1cc(C)c(NS(=O)(=O)c2ccc(O)cc2)c(C)c1N=c1ccc2c(-c3ccccc3S(=O)(=O)O)c3ccc(Nc4c(C)c(NS(=O)(=O)c5ccc(O)c(C(=O)O)c5)c(C)c(S(=O)(=O)O)c4C)cc3oc-2c1. The zero-order valence-corrected chi connectivity index (χ0v) is 42.6. The normalized spacial score (nSPS) is 12.6. The molecule has 0 bridgehead atoms.